The van der Waals surface area contributed by atoms with E-state index in [1.165, 1.54) is 128 Å². The maximum atomic E-state index is 12.9. The molecule has 0 aliphatic heterocycles. The van der Waals surface area contributed by atoms with Crippen LogP contribution in [0.1, 0.15) is 290 Å². The van der Waals surface area contributed by atoms with Gasteiger partial charge in [-0.3, -0.25) is 14.4 Å². The van der Waals surface area contributed by atoms with E-state index in [0.29, 0.717) is 12.8 Å². The minimum atomic E-state index is -0.825. The van der Waals surface area contributed by atoms with Gasteiger partial charge in [-0.05, 0) is 122 Å². The molecule has 0 spiro atoms. The van der Waals surface area contributed by atoms with Gasteiger partial charge in [0, 0.05) is 19.3 Å². The van der Waals surface area contributed by atoms with Crippen LogP contribution >= 0.6 is 0 Å². The van der Waals surface area contributed by atoms with Gasteiger partial charge < -0.3 is 14.2 Å². The normalized spacial score (nSPS) is 13.0. The van der Waals surface area contributed by atoms with E-state index in [0.717, 1.165) is 116 Å². The Hall–Kier alpha value is -4.45. The van der Waals surface area contributed by atoms with Crippen molar-refractivity contribution in [3.63, 3.8) is 0 Å². The van der Waals surface area contributed by atoms with E-state index in [4.69, 9.17) is 14.2 Å². The molecule has 0 aliphatic rings. The third-order valence-corrected chi connectivity index (χ3v) is 13.6. The van der Waals surface area contributed by atoms with E-state index in [-0.39, 0.29) is 44.0 Å². The van der Waals surface area contributed by atoms with E-state index in [1.54, 1.807) is 0 Å². The lowest BCUT2D eigenvalue weighted by molar-refractivity contribution is -0.166. The van der Waals surface area contributed by atoms with Gasteiger partial charge in [0.2, 0.25) is 0 Å². The van der Waals surface area contributed by atoms with Gasteiger partial charge in [0.15, 0.2) is 6.10 Å². The summed E-state index contributed by atoms with van der Waals surface area (Å²) in [6.45, 7) is 6.32. The molecule has 0 aromatic carbocycles. The zero-order valence-electron chi connectivity index (χ0n) is 51.3. The quantitative estimate of drug-likeness (QED) is 0.0261. The van der Waals surface area contributed by atoms with Crippen molar-refractivity contribution in [1.82, 2.24) is 0 Å². The average molecular weight is 1090 g/mol. The fourth-order valence-electron chi connectivity index (χ4n) is 8.81. The number of unbranched alkanes of at least 4 members (excludes halogenated alkanes) is 25. The van der Waals surface area contributed by atoms with Gasteiger partial charge in [-0.25, -0.2) is 0 Å². The van der Waals surface area contributed by atoms with Crippen LogP contribution in [0.25, 0.3) is 0 Å². The summed E-state index contributed by atoms with van der Waals surface area (Å²) < 4.78 is 16.8. The first-order chi connectivity index (χ1) is 39.0. The lowest BCUT2D eigenvalue weighted by atomic mass is 10.0. The molecule has 0 rings (SSSR count). The molecule has 0 aromatic rings. The molecule has 0 aromatic heterocycles. The van der Waals surface area contributed by atoms with Crippen LogP contribution in [-0.2, 0) is 28.6 Å². The Morgan fingerprint density at radius 3 is 0.848 bits per heavy atom. The minimum absolute atomic E-state index is 0.113. The van der Waals surface area contributed by atoms with Gasteiger partial charge in [-0.2, -0.15) is 0 Å². The van der Waals surface area contributed by atoms with Crippen molar-refractivity contribution in [1.29, 1.82) is 0 Å². The summed E-state index contributed by atoms with van der Waals surface area (Å²) >= 11 is 0. The largest absolute Gasteiger partial charge is 0.462 e. The molecular weight excluding hydrogens is 973 g/mol. The Morgan fingerprint density at radius 1 is 0.266 bits per heavy atom. The number of ether oxygens (including phenoxy) is 3. The van der Waals surface area contributed by atoms with E-state index >= 15 is 0 Å². The van der Waals surface area contributed by atoms with Crippen LogP contribution in [0.2, 0.25) is 0 Å². The minimum Gasteiger partial charge on any atom is -0.462 e. The number of esters is 3. The van der Waals surface area contributed by atoms with Crippen LogP contribution in [0.5, 0.6) is 0 Å². The average Bonchev–Trinajstić information content (AvgIpc) is 3.45. The van der Waals surface area contributed by atoms with Crippen molar-refractivity contribution in [2.75, 3.05) is 13.2 Å². The Kier molecular flexibility index (Phi) is 62.3. The second-order valence-corrected chi connectivity index (χ2v) is 21.3. The van der Waals surface area contributed by atoms with Crippen LogP contribution in [0.3, 0.4) is 0 Å². The highest BCUT2D eigenvalue weighted by atomic mass is 16.6. The van der Waals surface area contributed by atoms with Gasteiger partial charge in [-0.15, -0.1) is 0 Å². The Labute approximate surface area is 487 Å². The fourth-order valence-corrected chi connectivity index (χ4v) is 8.81. The molecule has 0 N–H and O–H groups in total. The summed E-state index contributed by atoms with van der Waals surface area (Å²) in [5.74, 6) is -1.02. The number of carbonyl (C=O) groups is 3. The highest BCUT2D eigenvalue weighted by Gasteiger charge is 2.19. The molecule has 1 atom stereocenters. The highest BCUT2D eigenvalue weighted by molar-refractivity contribution is 5.71. The van der Waals surface area contributed by atoms with Crippen molar-refractivity contribution in [2.24, 2.45) is 0 Å². The Balaban J connectivity index is 4.28. The first-order valence-electron chi connectivity index (χ1n) is 32.7. The van der Waals surface area contributed by atoms with E-state index in [2.05, 4.69) is 148 Å². The molecule has 6 nitrogen and oxygen atoms in total. The van der Waals surface area contributed by atoms with E-state index < -0.39 is 6.10 Å². The summed E-state index contributed by atoms with van der Waals surface area (Å²) in [5, 5.41) is 0. The van der Waals surface area contributed by atoms with Crippen molar-refractivity contribution < 1.29 is 28.6 Å². The molecular formula is C73H120O6. The summed E-state index contributed by atoms with van der Waals surface area (Å²) in [5.41, 5.74) is 0. The van der Waals surface area contributed by atoms with Crippen molar-refractivity contribution >= 4 is 17.9 Å². The summed E-state index contributed by atoms with van der Waals surface area (Å²) in [4.78, 5) is 38.2. The van der Waals surface area contributed by atoms with Crippen LogP contribution in [-0.4, -0.2) is 37.2 Å². The lowest BCUT2D eigenvalue weighted by Gasteiger charge is -2.18. The Morgan fingerprint density at radius 2 is 0.519 bits per heavy atom. The smallest absolute Gasteiger partial charge is 0.306 e. The predicted molar refractivity (Wildman–Crippen MR) is 343 cm³/mol. The molecule has 0 radical (unpaired) electrons. The van der Waals surface area contributed by atoms with Crippen molar-refractivity contribution in [2.45, 2.75) is 297 Å². The molecule has 0 fully saturated rings. The summed E-state index contributed by atoms with van der Waals surface area (Å²) in [6.07, 6.45) is 93.5. The van der Waals surface area contributed by atoms with E-state index in [9.17, 15) is 14.4 Å². The monoisotopic (exact) mass is 1090 g/mol. The lowest BCUT2D eigenvalue weighted by Crippen LogP contribution is -2.30. The van der Waals surface area contributed by atoms with Gasteiger partial charge in [0.25, 0.3) is 0 Å². The molecule has 79 heavy (non-hydrogen) atoms. The molecule has 0 amide bonds. The second-order valence-electron chi connectivity index (χ2n) is 21.3. The van der Waals surface area contributed by atoms with Crippen molar-refractivity contribution in [3.8, 4) is 0 Å². The SMILES string of the molecule is CC/C=C\C/C=C\C/C=C\C/C=C\CCCCCCC(=O)OC(COC(=O)CC/C=C\C/C=C\C/C=C\C/C=C\CC)COC(=O)CCCCCCCCCCCCCCCCCC/C=C\C/C=C\C/C=C\CCCCCCC. The van der Waals surface area contributed by atoms with Crippen LogP contribution < -0.4 is 0 Å². The number of rotatable bonds is 58. The number of allylic oxidation sites excluding steroid dienone is 22. The molecule has 448 valence electrons. The number of hydrogen-bond donors (Lipinski definition) is 0. The maximum absolute atomic E-state index is 12.9. The molecule has 0 aliphatic carbocycles. The van der Waals surface area contributed by atoms with E-state index in [1.807, 2.05) is 6.08 Å². The van der Waals surface area contributed by atoms with Crippen LogP contribution in [0, 0.1) is 0 Å². The molecule has 0 saturated heterocycles. The van der Waals surface area contributed by atoms with Gasteiger partial charge in [0.05, 0.1) is 0 Å². The van der Waals surface area contributed by atoms with Crippen LogP contribution in [0.4, 0.5) is 0 Å². The zero-order chi connectivity index (χ0) is 57.1. The molecule has 0 heterocycles. The predicted octanol–water partition coefficient (Wildman–Crippen LogP) is 22.5. The summed E-state index contributed by atoms with van der Waals surface area (Å²) in [6, 6.07) is 0. The highest BCUT2D eigenvalue weighted by Crippen LogP contribution is 2.16. The first-order valence-corrected chi connectivity index (χ1v) is 32.7. The Bertz CT molecular complexity index is 1680. The number of carbonyl (C=O) groups excluding carboxylic acids is 3. The molecule has 1 unspecified atom stereocenters. The molecule has 0 saturated carbocycles. The topological polar surface area (TPSA) is 78.9 Å². The fraction of sp³-hybridized carbons (Fsp3) is 0.658. The molecule has 0 bridgehead atoms. The van der Waals surface area contributed by atoms with Gasteiger partial charge in [-0.1, -0.05) is 283 Å². The van der Waals surface area contributed by atoms with Gasteiger partial charge in [0.1, 0.15) is 13.2 Å². The first kappa shape index (κ1) is 74.5. The maximum Gasteiger partial charge on any atom is 0.306 e. The van der Waals surface area contributed by atoms with Crippen molar-refractivity contribution in [3.05, 3.63) is 134 Å². The summed E-state index contributed by atoms with van der Waals surface area (Å²) in [7, 11) is 0. The third-order valence-electron chi connectivity index (χ3n) is 13.6. The standard InChI is InChI=1S/C73H120O6/c1-4-7-10-13-16-19-22-25-27-29-30-31-32-33-34-35-36-37-38-39-40-41-42-44-45-48-51-54-57-60-63-66-72(75)78-69-70(68-77-71(74)65-62-59-56-53-50-47-24-21-18-15-12-9-6-3)79-73(76)67-64-61-58-55-52-49-46-43-28-26-23-20-17-14-11-8-5-2/h8-9,11-12,17-18,20-22,25-26,28-30,32-33,46-47,49-50,56,59,70H,4-7,10,13-16,19,23-24,27,31,34-45,48,51-55,57-58,60-69H2,1-3H3/b11-8-,12-9-,20-17-,21-18-,25-22-,28-26-,30-29-,33-32-,49-46-,50-47-,59-56-. The zero-order valence-corrected chi connectivity index (χ0v) is 51.3. The second kappa shape index (κ2) is 66.1. The van der Waals surface area contributed by atoms with Crippen LogP contribution in [0.15, 0.2) is 134 Å². The molecule has 6 heteroatoms. The third kappa shape index (κ3) is 64.3. The number of hydrogen-bond acceptors (Lipinski definition) is 6. The van der Waals surface area contributed by atoms with Gasteiger partial charge >= 0.3 is 17.9 Å².